The van der Waals surface area contributed by atoms with E-state index in [1.165, 1.54) is 0 Å². The van der Waals surface area contributed by atoms with E-state index in [1.807, 2.05) is 25.7 Å². The number of nitrogens with zero attached hydrogens (tertiary/aromatic N) is 1. The normalized spacial score (nSPS) is 24.6. The van der Waals surface area contributed by atoms with Gasteiger partial charge in [0.25, 0.3) is 0 Å². The quantitative estimate of drug-likeness (QED) is 0.635. The second-order valence-corrected chi connectivity index (χ2v) is 5.16. The minimum absolute atomic E-state index is 0.251. The summed E-state index contributed by atoms with van der Waals surface area (Å²) >= 11 is 0. The Kier molecular flexibility index (Phi) is 3.53. The van der Waals surface area contributed by atoms with Crippen LogP contribution >= 0.6 is 0 Å². The van der Waals surface area contributed by atoms with Crippen molar-refractivity contribution in [1.82, 2.24) is 10.2 Å². The molecule has 0 bridgehead atoms. The average Bonchev–Trinajstić information content (AvgIpc) is 2.27. The zero-order chi connectivity index (χ0) is 10.8. The minimum Gasteiger partial charge on any atom is -0.338 e. The molecule has 0 aromatic rings. The Morgan fingerprint density at radius 1 is 1.43 bits per heavy atom. The van der Waals surface area contributed by atoms with Gasteiger partial charge in [0.2, 0.25) is 5.91 Å². The molecule has 1 aliphatic rings. The number of nitrogens with one attached hydrogen (secondary N) is 1. The Morgan fingerprint density at radius 3 is 2.64 bits per heavy atom. The lowest BCUT2D eigenvalue weighted by atomic mass is 9.94. The molecule has 1 unspecified atom stereocenters. The van der Waals surface area contributed by atoms with Crippen molar-refractivity contribution in [2.24, 2.45) is 5.41 Å². The van der Waals surface area contributed by atoms with Crippen molar-refractivity contribution in [3.63, 3.8) is 0 Å². The van der Waals surface area contributed by atoms with Crippen molar-refractivity contribution < 1.29 is 4.79 Å². The van der Waals surface area contributed by atoms with Crippen LogP contribution in [-0.2, 0) is 4.79 Å². The largest absolute Gasteiger partial charge is 0.338 e. The van der Waals surface area contributed by atoms with E-state index < -0.39 is 0 Å². The van der Waals surface area contributed by atoms with Crippen LogP contribution < -0.4 is 5.32 Å². The Morgan fingerprint density at radius 2 is 2.07 bits per heavy atom. The van der Waals surface area contributed by atoms with Gasteiger partial charge in [-0.1, -0.05) is 20.8 Å². The highest BCUT2D eigenvalue weighted by molar-refractivity contribution is 5.81. The molecule has 0 aromatic carbocycles. The van der Waals surface area contributed by atoms with Gasteiger partial charge in [0, 0.05) is 24.5 Å². The maximum Gasteiger partial charge on any atom is 0.228 e. The summed E-state index contributed by atoms with van der Waals surface area (Å²) in [6, 6.07) is 0.323. The van der Waals surface area contributed by atoms with Crippen molar-refractivity contribution in [3.05, 3.63) is 0 Å². The van der Waals surface area contributed by atoms with Gasteiger partial charge in [-0.15, -0.1) is 0 Å². The molecular formula is C11H22N2O. The lowest BCUT2D eigenvalue weighted by Crippen LogP contribution is -2.46. The predicted molar refractivity (Wildman–Crippen MR) is 58.1 cm³/mol. The van der Waals surface area contributed by atoms with Crippen LogP contribution in [0.25, 0.3) is 0 Å². The van der Waals surface area contributed by atoms with Crippen LogP contribution in [0.2, 0.25) is 0 Å². The third kappa shape index (κ3) is 2.71. The highest BCUT2D eigenvalue weighted by atomic mass is 16.2. The Labute approximate surface area is 86.9 Å². The first-order valence-electron chi connectivity index (χ1n) is 5.44. The summed E-state index contributed by atoms with van der Waals surface area (Å²) in [5, 5.41) is 3.34. The lowest BCUT2D eigenvalue weighted by Gasteiger charge is -2.32. The number of carbonyl (C=O) groups excluding carboxylic acids is 1. The zero-order valence-electron chi connectivity index (χ0n) is 9.76. The van der Waals surface area contributed by atoms with Gasteiger partial charge in [-0.25, -0.2) is 0 Å². The first kappa shape index (κ1) is 11.5. The zero-order valence-corrected chi connectivity index (χ0v) is 9.76. The molecule has 0 aliphatic carbocycles. The first-order valence-corrected chi connectivity index (χ1v) is 5.44. The van der Waals surface area contributed by atoms with Crippen LogP contribution in [0.15, 0.2) is 0 Å². The Bertz CT molecular complexity index is 208. The molecule has 1 amide bonds. The summed E-state index contributed by atoms with van der Waals surface area (Å²) < 4.78 is 0. The first-order chi connectivity index (χ1) is 6.43. The van der Waals surface area contributed by atoms with Crippen molar-refractivity contribution in [3.8, 4) is 0 Å². The maximum atomic E-state index is 12.1. The molecule has 1 saturated heterocycles. The smallest absolute Gasteiger partial charge is 0.228 e. The second kappa shape index (κ2) is 4.30. The van der Waals surface area contributed by atoms with Gasteiger partial charge in [-0.05, 0) is 19.9 Å². The average molecular weight is 198 g/mol. The number of amides is 1. The molecule has 1 atom stereocenters. The summed E-state index contributed by atoms with van der Waals surface area (Å²) in [5.41, 5.74) is -0.251. The third-order valence-corrected chi connectivity index (χ3v) is 2.63. The molecular weight excluding hydrogens is 176 g/mol. The molecule has 0 radical (unpaired) electrons. The summed E-state index contributed by atoms with van der Waals surface area (Å²) in [5.74, 6) is 0.272. The summed E-state index contributed by atoms with van der Waals surface area (Å²) in [6.07, 6.45) is 1.06. The van der Waals surface area contributed by atoms with E-state index in [0.29, 0.717) is 6.04 Å². The van der Waals surface area contributed by atoms with Crippen LogP contribution in [0, 0.1) is 5.41 Å². The monoisotopic (exact) mass is 198 g/mol. The standard InChI is InChI=1S/C11H22N2O/c1-9-8-12-6-5-7-13(9)10(14)11(2,3)4/h9,12H,5-8H2,1-4H3. The van der Waals surface area contributed by atoms with Crippen molar-refractivity contribution in [1.29, 1.82) is 0 Å². The molecule has 0 spiro atoms. The number of rotatable bonds is 0. The predicted octanol–water partition coefficient (Wildman–Crippen LogP) is 1.24. The second-order valence-electron chi connectivity index (χ2n) is 5.16. The fourth-order valence-electron chi connectivity index (χ4n) is 1.75. The summed E-state index contributed by atoms with van der Waals surface area (Å²) in [4.78, 5) is 14.1. The van der Waals surface area contributed by atoms with E-state index >= 15 is 0 Å². The molecule has 0 aromatic heterocycles. The molecule has 3 heteroatoms. The fraction of sp³-hybridized carbons (Fsp3) is 0.909. The number of carbonyl (C=O) groups is 1. The topological polar surface area (TPSA) is 32.3 Å². The van der Waals surface area contributed by atoms with E-state index in [9.17, 15) is 4.79 Å². The number of hydrogen-bond donors (Lipinski definition) is 1. The lowest BCUT2D eigenvalue weighted by molar-refractivity contribution is -0.141. The minimum atomic E-state index is -0.251. The van der Waals surface area contributed by atoms with Gasteiger partial charge in [0.05, 0.1) is 0 Å². The van der Waals surface area contributed by atoms with Crippen LogP contribution in [-0.4, -0.2) is 36.5 Å². The van der Waals surface area contributed by atoms with Gasteiger partial charge >= 0.3 is 0 Å². The van der Waals surface area contributed by atoms with Crippen LogP contribution in [0.3, 0.4) is 0 Å². The molecule has 1 fully saturated rings. The van der Waals surface area contributed by atoms with Gasteiger partial charge in [0.15, 0.2) is 0 Å². The molecule has 1 rings (SSSR count). The van der Waals surface area contributed by atoms with E-state index in [-0.39, 0.29) is 11.3 Å². The van der Waals surface area contributed by atoms with E-state index in [4.69, 9.17) is 0 Å². The molecule has 14 heavy (non-hydrogen) atoms. The van der Waals surface area contributed by atoms with Crippen molar-refractivity contribution >= 4 is 5.91 Å². The highest BCUT2D eigenvalue weighted by Crippen LogP contribution is 2.19. The van der Waals surface area contributed by atoms with Gasteiger partial charge in [0.1, 0.15) is 0 Å². The van der Waals surface area contributed by atoms with Crippen LogP contribution in [0.5, 0.6) is 0 Å². The van der Waals surface area contributed by atoms with Crippen LogP contribution in [0.4, 0.5) is 0 Å². The van der Waals surface area contributed by atoms with Crippen LogP contribution in [0.1, 0.15) is 34.1 Å². The Hall–Kier alpha value is -0.570. The van der Waals surface area contributed by atoms with Gasteiger partial charge < -0.3 is 10.2 Å². The summed E-state index contributed by atoms with van der Waals surface area (Å²) in [7, 11) is 0. The fourth-order valence-corrected chi connectivity index (χ4v) is 1.75. The van der Waals surface area contributed by atoms with Gasteiger partial charge in [-0.3, -0.25) is 4.79 Å². The van der Waals surface area contributed by atoms with Crippen molar-refractivity contribution in [2.75, 3.05) is 19.6 Å². The highest BCUT2D eigenvalue weighted by Gasteiger charge is 2.30. The molecule has 82 valence electrons. The van der Waals surface area contributed by atoms with Crippen molar-refractivity contribution in [2.45, 2.75) is 40.2 Å². The molecule has 0 saturated carbocycles. The van der Waals surface area contributed by atoms with E-state index in [0.717, 1.165) is 26.1 Å². The summed E-state index contributed by atoms with van der Waals surface area (Å²) in [6.45, 7) is 10.9. The molecule has 1 aliphatic heterocycles. The van der Waals surface area contributed by atoms with E-state index in [1.54, 1.807) is 0 Å². The maximum absolute atomic E-state index is 12.1. The van der Waals surface area contributed by atoms with E-state index in [2.05, 4.69) is 12.2 Å². The van der Waals surface area contributed by atoms with Gasteiger partial charge in [-0.2, -0.15) is 0 Å². The molecule has 1 heterocycles. The Balaban J connectivity index is 2.69. The molecule has 1 N–H and O–H groups in total. The third-order valence-electron chi connectivity index (χ3n) is 2.63. The molecule has 3 nitrogen and oxygen atoms in total. The number of hydrogen-bond acceptors (Lipinski definition) is 2. The SMILES string of the molecule is CC1CNCCCN1C(=O)C(C)(C)C.